The van der Waals surface area contributed by atoms with E-state index in [2.05, 4.69) is 12.2 Å². The van der Waals surface area contributed by atoms with Crippen molar-refractivity contribution in [3.8, 4) is 0 Å². The molecule has 0 aliphatic rings. The monoisotopic (exact) mass is 287 g/mol. The van der Waals surface area contributed by atoms with E-state index in [0.29, 0.717) is 6.54 Å². The van der Waals surface area contributed by atoms with Crippen LogP contribution in [0.1, 0.15) is 78.1 Å². The van der Waals surface area contributed by atoms with Gasteiger partial charge < -0.3 is 15.2 Å². The van der Waals surface area contributed by atoms with E-state index < -0.39 is 12.2 Å². The lowest BCUT2D eigenvalue weighted by Gasteiger charge is -2.08. The van der Waals surface area contributed by atoms with Crippen LogP contribution in [0.25, 0.3) is 0 Å². The fourth-order valence-electron chi connectivity index (χ4n) is 2.05. The molecule has 0 heterocycles. The zero-order valence-electron chi connectivity index (χ0n) is 13.3. The maximum atomic E-state index is 11.2. The molecule has 2 N–H and O–H groups in total. The van der Waals surface area contributed by atoms with Gasteiger partial charge in [0, 0.05) is 6.54 Å². The third kappa shape index (κ3) is 15.3. The summed E-state index contributed by atoms with van der Waals surface area (Å²) in [5, 5.41) is 11.6. The lowest BCUT2D eigenvalue weighted by molar-refractivity contribution is 0.0780. The van der Waals surface area contributed by atoms with E-state index in [9.17, 15) is 4.79 Å². The molecule has 1 amide bonds. The summed E-state index contributed by atoms with van der Waals surface area (Å²) in [7, 11) is 0. The van der Waals surface area contributed by atoms with Gasteiger partial charge in [-0.3, -0.25) is 0 Å². The molecule has 120 valence electrons. The number of aliphatic hydroxyl groups is 1. The highest BCUT2D eigenvalue weighted by Gasteiger charge is 2.03. The number of unbranched alkanes of at least 4 members (excludes halogenated alkanes) is 9. The average molecular weight is 287 g/mol. The Morgan fingerprint density at radius 2 is 1.50 bits per heavy atom. The molecular formula is C16H33NO3. The van der Waals surface area contributed by atoms with Gasteiger partial charge >= 0.3 is 6.09 Å². The minimum Gasteiger partial charge on any atom is -0.447 e. The van der Waals surface area contributed by atoms with Gasteiger partial charge in [0.1, 0.15) is 6.61 Å². The lowest BCUT2D eigenvalue weighted by Crippen LogP contribution is -2.27. The smallest absolute Gasteiger partial charge is 0.407 e. The van der Waals surface area contributed by atoms with Crippen LogP contribution in [-0.4, -0.2) is 30.5 Å². The van der Waals surface area contributed by atoms with E-state index in [1.807, 2.05) is 0 Å². The molecule has 0 spiro atoms. The zero-order chi connectivity index (χ0) is 15.1. The second kappa shape index (κ2) is 14.6. The topological polar surface area (TPSA) is 58.6 Å². The molecule has 4 heteroatoms. The second-order valence-electron chi connectivity index (χ2n) is 5.56. The minimum atomic E-state index is -0.599. The van der Waals surface area contributed by atoms with E-state index in [1.54, 1.807) is 6.92 Å². The highest BCUT2D eigenvalue weighted by Crippen LogP contribution is 2.10. The van der Waals surface area contributed by atoms with E-state index in [-0.39, 0.29) is 6.61 Å². The van der Waals surface area contributed by atoms with Gasteiger partial charge in [-0.15, -0.1) is 0 Å². The predicted octanol–water partition coefficient (Wildman–Crippen LogP) is 4.01. The summed E-state index contributed by atoms with van der Waals surface area (Å²) in [5.74, 6) is 0. The number of hydrogen-bond donors (Lipinski definition) is 2. The summed E-state index contributed by atoms with van der Waals surface area (Å²) in [5.41, 5.74) is 0. The maximum absolute atomic E-state index is 11.2. The summed E-state index contributed by atoms with van der Waals surface area (Å²) in [4.78, 5) is 11.2. The third-order valence-corrected chi connectivity index (χ3v) is 3.26. The number of amides is 1. The molecule has 0 saturated carbocycles. The first-order chi connectivity index (χ1) is 9.66. The Bertz CT molecular complexity index is 220. The summed E-state index contributed by atoms with van der Waals surface area (Å²) >= 11 is 0. The van der Waals surface area contributed by atoms with E-state index in [1.165, 1.54) is 51.4 Å². The molecule has 4 nitrogen and oxygen atoms in total. The van der Waals surface area contributed by atoms with Crippen LogP contribution in [0.3, 0.4) is 0 Å². The predicted molar refractivity (Wildman–Crippen MR) is 82.9 cm³/mol. The van der Waals surface area contributed by atoms with Crippen LogP contribution in [0.2, 0.25) is 0 Å². The Balaban J connectivity index is 3.11. The molecule has 1 atom stereocenters. The maximum Gasteiger partial charge on any atom is 0.407 e. The Labute approximate surface area is 124 Å². The number of nitrogens with one attached hydrogen (secondary N) is 1. The summed E-state index contributed by atoms with van der Waals surface area (Å²) in [6, 6.07) is 0. The minimum absolute atomic E-state index is 0.0594. The average Bonchev–Trinajstić information content (AvgIpc) is 2.42. The van der Waals surface area contributed by atoms with Gasteiger partial charge in [0.15, 0.2) is 0 Å². The van der Waals surface area contributed by atoms with Gasteiger partial charge in [-0.1, -0.05) is 64.7 Å². The normalized spacial score (nSPS) is 12.2. The first-order valence-electron chi connectivity index (χ1n) is 8.25. The van der Waals surface area contributed by atoms with Gasteiger partial charge in [0.2, 0.25) is 0 Å². The molecule has 20 heavy (non-hydrogen) atoms. The van der Waals surface area contributed by atoms with Crippen molar-refractivity contribution in [2.24, 2.45) is 0 Å². The van der Waals surface area contributed by atoms with Gasteiger partial charge in [-0.05, 0) is 13.3 Å². The lowest BCUT2D eigenvalue weighted by atomic mass is 10.1. The van der Waals surface area contributed by atoms with Crippen molar-refractivity contribution in [1.82, 2.24) is 5.32 Å². The number of alkyl carbamates (subject to hydrolysis) is 1. The van der Waals surface area contributed by atoms with E-state index in [0.717, 1.165) is 12.8 Å². The van der Waals surface area contributed by atoms with Crippen LogP contribution >= 0.6 is 0 Å². The Morgan fingerprint density at radius 3 is 2.00 bits per heavy atom. The SMILES string of the molecule is CCCCCCCCCCCCNC(=O)OCC(C)O. The number of carbonyl (C=O) groups is 1. The third-order valence-electron chi connectivity index (χ3n) is 3.26. The van der Waals surface area contributed by atoms with Crippen molar-refractivity contribution in [2.45, 2.75) is 84.2 Å². The largest absolute Gasteiger partial charge is 0.447 e. The fraction of sp³-hybridized carbons (Fsp3) is 0.938. The zero-order valence-corrected chi connectivity index (χ0v) is 13.3. The number of hydrogen-bond acceptors (Lipinski definition) is 3. The van der Waals surface area contributed by atoms with Crippen molar-refractivity contribution < 1.29 is 14.6 Å². The van der Waals surface area contributed by atoms with Crippen LogP contribution in [0.4, 0.5) is 4.79 Å². The van der Waals surface area contributed by atoms with Gasteiger partial charge in [0.05, 0.1) is 6.10 Å². The number of carbonyl (C=O) groups excluding carboxylic acids is 1. The molecule has 0 aliphatic carbocycles. The van der Waals surface area contributed by atoms with Crippen molar-refractivity contribution >= 4 is 6.09 Å². The van der Waals surface area contributed by atoms with Crippen LogP contribution < -0.4 is 5.32 Å². The molecule has 0 aromatic carbocycles. The molecule has 1 unspecified atom stereocenters. The molecule has 0 aromatic heterocycles. The number of ether oxygens (including phenoxy) is 1. The Kier molecular flexibility index (Phi) is 14.1. The molecule has 0 radical (unpaired) electrons. The fourth-order valence-corrected chi connectivity index (χ4v) is 2.05. The van der Waals surface area contributed by atoms with Crippen molar-refractivity contribution in [1.29, 1.82) is 0 Å². The highest BCUT2D eigenvalue weighted by molar-refractivity contribution is 5.67. The first kappa shape index (κ1) is 19.2. The Morgan fingerprint density at radius 1 is 1.00 bits per heavy atom. The van der Waals surface area contributed by atoms with Crippen LogP contribution in [0, 0.1) is 0 Å². The quantitative estimate of drug-likeness (QED) is 0.503. The molecular weight excluding hydrogens is 254 g/mol. The first-order valence-corrected chi connectivity index (χ1v) is 8.25. The summed E-state index contributed by atoms with van der Waals surface area (Å²) in [6.07, 6.45) is 11.8. The summed E-state index contributed by atoms with van der Waals surface area (Å²) in [6.45, 7) is 4.56. The number of aliphatic hydroxyl groups excluding tert-OH is 1. The Hall–Kier alpha value is -0.770. The second-order valence-corrected chi connectivity index (χ2v) is 5.56. The summed E-state index contributed by atoms with van der Waals surface area (Å²) < 4.78 is 4.80. The van der Waals surface area contributed by atoms with E-state index >= 15 is 0 Å². The van der Waals surface area contributed by atoms with Crippen LogP contribution in [0.15, 0.2) is 0 Å². The molecule has 0 bridgehead atoms. The standard InChI is InChI=1S/C16H33NO3/c1-3-4-5-6-7-8-9-10-11-12-13-17-16(19)20-14-15(2)18/h15,18H,3-14H2,1-2H3,(H,17,19). The molecule has 0 fully saturated rings. The molecule has 0 aromatic rings. The van der Waals surface area contributed by atoms with Gasteiger partial charge in [-0.25, -0.2) is 4.79 Å². The molecule has 0 saturated heterocycles. The number of rotatable bonds is 13. The van der Waals surface area contributed by atoms with Crippen LogP contribution in [0.5, 0.6) is 0 Å². The van der Waals surface area contributed by atoms with Gasteiger partial charge in [-0.2, -0.15) is 0 Å². The van der Waals surface area contributed by atoms with E-state index in [4.69, 9.17) is 9.84 Å². The van der Waals surface area contributed by atoms with Gasteiger partial charge in [0.25, 0.3) is 0 Å². The van der Waals surface area contributed by atoms with Crippen molar-refractivity contribution in [3.63, 3.8) is 0 Å². The highest BCUT2D eigenvalue weighted by atomic mass is 16.6. The van der Waals surface area contributed by atoms with Crippen molar-refractivity contribution in [3.05, 3.63) is 0 Å². The van der Waals surface area contributed by atoms with Crippen molar-refractivity contribution in [2.75, 3.05) is 13.2 Å². The molecule has 0 rings (SSSR count). The molecule has 0 aliphatic heterocycles. The van der Waals surface area contributed by atoms with Crippen LogP contribution in [-0.2, 0) is 4.74 Å².